The third kappa shape index (κ3) is 5.20. The van der Waals surface area contributed by atoms with E-state index >= 15 is 0 Å². The number of carbonyl (C=O) groups excluding carboxylic acids is 2. The summed E-state index contributed by atoms with van der Waals surface area (Å²) >= 11 is 0. The number of likely N-dealkylation sites (tertiary alicyclic amines) is 2. The Morgan fingerprint density at radius 3 is 2.50 bits per heavy atom. The van der Waals surface area contributed by atoms with Crippen LogP contribution < -0.4 is 15.0 Å². The van der Waals surface area contributed by atoms with Crippen LogP contribution in [-0.4, -0.2) is 67.1 Å². The molecule has 2 aromatic rings. The second kappa shape index (κ2) is 10.5. The molecule has 1 atom stereocenters. The van der Waals surface area contributed by atoms with Gasteiger partial charge in [-0.15, -0.1) is 0 Å². The molecule has 0 radical (unpaired) electrons. The van der Waals surface area contributed by atoms with Crippen molar-refractivity contribution < 1.29 is 14.3 Å². The van der Waals surface area contributed by atoms with Gasteiger partial charge in [0, 0.05) is 38.8 Å². The maximum atomic E-state index is 13.3. The van der Waals surface area contributed by atoms with Crippen molar-refractivity contribution in [3.63, 3.8) is 0 Å². The van der Waals surface area contributed by atoms with Gasteiger partial charge in [0.2, 0.25) is 5.91 Å². The van der Waals surface area contributed by atoms with E-state index in [1.165, 1.54) is 5.56 Å². The second-order valence-electron chi connectivity index (χ2n) is 9.58. The number of nitrogens with zero attached hydrogens (tertiary/aromatic N) is 3. The molecule has 3 amide bonds. The van der Waals surface area contributed by atoms with Gasteiger partial charge in [0.1, 0.15) is 12.4 Å². The van der Waals surface area contributed by atoms with Crippen molar-refractivity contribution in [3.8, 4) is 5.75 Å². The van der Waals surface area contributed by atoms with Crippen LogP contribution in [0.15, 0.2) is 54.6 Å². The summed E-state index contributed by atoms with van der Waals surface area (Å²) < 4.78 is 5.70. The smallest absolute Gasteiger partial charge is 0.324 e. The minimum absolute atomic E-state index is 0.0255. The number of hydrogen-bond donors (Lipinski definition) is 1. The highest BCUT2D eigenvalue weighted by Gasteiger charge is 2.34. The number of ether oxygens (including phenoxy) is 1. The Labute approximate surface area is 201 Å². The number of anilines is 1. The molecule has 2 saturated heterocycles. The van der Waals surface area contributed by atoms with Crippen LogP contribution in [0.3, 0.4) is 0 Å². The Morgan fingerprint density at radius 2 is 1.68 bits per heavy atom. The Kier molecular flexibility index (Phi) is 7.00. The van der Waals surface area contributed by atoms with Gasteiger partial charge in [-0.1, -0.05) is 42.5 Å². The van der Waals surface area contributed by atoms with Gasteiger partial charge in [0.15, 0.2) is 0 Å². The van der Waals surface area contributed by atoms with Gasteiger partial charge in [-0.25, -0.2) is 4.79 Å². The van der Waals surface area contributed by atoms with Crippen LogP contribution in [0, 0.1) is 5.92 Å². The molecule has 5 rings (SSSR count). The van der Waals surface area contributed by atoms with Crippen LogP contribution >= 0.6 is 0 Å². The van der Waals surface area contributed by atoms with Crippen LogP contribution in [0.2, 0.25) is 0 Å². The predicted octanol–water partition coefficient (Wildman–Crippen LogP) is 3.50. The molecule has 0 saturated carbocycles. The fourth-order valence-electron chi connectivity index (χ4n) is 5.30. The summed E-state index contributed by atoms with van der Waals surface area (Å²) in [4.78, 5) is 32.5. The lowest BCUT2D eigenvalue weighted by Gasteiger charge is -2.38. The zero-order chi connectivity index (χ0) is 23.3. The van der Waals surface area contributed by atoms with E-state index in [9.17, 15) is 9.59 Å². The molecule has 0 unspecified atom stereocenters. The zero-order valence-corrected chi connectivity index (χ0v) is 19.7. The first kappa shape index (κ1) is 22.7. The van der Waals surface area contributed by atoms with E-state index in [-0.39, 0.29) is 23.9 Å². The maximum Gasteiger partial charge on any atom is 0.324 e. The molecule has 3 aliphatic rings. The van der Waals surface area contributed by atoms with Crippen LogP contribution in [0.25, 0.3) is 0 Å². The summed E-state index contributed by atoms with van der Waals surface area (Å²) in [5.41, 5.74) is 2.15. The van der Waals surface area contributed by atoms with Crippen molar-refractivity contribution in [3.05, 3.63) is 60.2 Å². The van der Waals surface area contributed by atoms with Gasteiger partial charge in [-0.3, -0.25) is 14.6 Å². The lowest BCUT2D eigenvalue weighted by molar-refractivity contribution is -0.127. The average molecular weight is 463 g/mol. The quantitative estimate of drug-likeness (QED) is 0.756. The number of hydrogen-bond acceptors (Lipinski definition) is 4. The SMILES string of the molecule is O=C(NC1CCN(Cc2ccccc2)CC1)[C@@H]1CCCN(C(=O)N2CCOc3ccccc32)C1. The van der Waals surface area contributed by atoms with Gasteiger partial charge in [0.25, 0.3) is 0 Å². The number of fused-ring (bicyclic) bond motifs is 1. The molecule has 2 fully saturated rings. The van der Waals surface area contributed by atoms with Crippen molar-refractivity contribution in [2.75, 3.05) is 44.2 Å². The third-order valence-corrected chi connectivity index (χ3v) is 7.21. The summed E-state index contributed by atoms with van der Waals surface area (Å²) in [5.74, 6) is 0.699. The minimum atomic E-state index is -0.142. The van der Waals surface area contributed by atoms with Crippen molar-refractivity contribution in [1.29, 1.82) is 0 Å². The lowest BCUT2D eigenvalue weighted by Crippen LogP contribution is -2.53. The largest absolute Gasteiger partial charge is 0.490 e. The summed E-state index contributed by atoms with van der Waals surface area (Å²) in [6, 6.07) is 18.4. The van der Waals surface area contributed by atoms with Crippen molar-refractivity contribution in [2.24, 2.45) is 5.92 Å². The molecular weight excluding hydrogens is 428 g/mol. The number of amides is 3. The number of benzene rings is 2. The van der Waals surface area contributed by atoms with Gasteiger partial charge < -0.3 is 15.0 Å². The van der Waals surface area contributed by atoms with Gasteiger partial charge in [-0.05, 0) is 43.4 Å². The normalized spacial score (nSPS) is 21.5. The van der Waals surface area contributed by atoms with Crippen LogP contribution in [0.1, 0.15) is 31.2 Å². The predicted molar refractivity (Wildman–Crippen MR) is 132 cm³/mol. The Balaban J connectivity index is 1.12. The number of urea groups is 1. The number of carbonyl (C=O) groups is 2. The Bertz CT molecular complexity index is 990. The fraction of sp³-hybridized carbons (Fsp3) is 0.481. The molecule has 180 valence electrons. The highest BCUT2D eigenvalue weighted by molar-refractivity contribution is 5.94. The second-order valence-corrected chi connectivity index (χ2v) is 9.58. The van der Waals surface area contributed by atoms with E-state index in [4.69, 9.17) is 4.74 Å². The first-order chi connectivity index (χ1) is 16.7. The van der Waals surface area contributed by atoms with Crippen molar-refractivity contribution in [2.45, 2.75) is 38.3 Å². The van der Waals surface area contributed by atoms with Crippen LogP contribution in [-0.2, 0) is 11.3 Å². The number of nitrogens with one attached hydrogen (secondary N) is 1. The van der Waals surface area contributed by atoms with Crippen LogP contribution in [0.5, 0.6) is 5.75 Å². The first-order valence-corrected chi connectivity index (χ1v) is 12.5. The highest BCUT2D eigenvalue weighted by atomic mass is 16.5. The van der Waals surface area contributed by atoms with Gasteiger partial charge in [0.05, 0.1) is 18.2 Å². The molecule has 34 heavy (non-hydrogen) atoms. The molecule has 3 heterocycles. The molecule has 0 aromatic heterocycles. The van der Waals surface area contributed by atoms with E-state index in [0.29, 0.717) is 26.2 Å². The monoisotopic (exact) mass is 462 g/mol. The molecular formula is C27H34N4O3. The summed E-state index contributed by atoms with van der Waals surface area (Å²) in [6.45, 7) is 5.15. The average Bonchev–Trinajstić information content (AvgIpc) is 2.90. The number of rotatable bonds is 4. The van der Waals surface area contributed by atoms with E-state index in [0.717, 1.165) is 56.8 Å². The summed E-state index contributed by atoms with van der Waals surface area (Å²) in [6.07, 6.45) is 3.63. The van der Waals surface area contributed by atoms with Gasteiger partial charge in [-0.2, -0.15) is 0 Å². The van der Waals surface area contributed by atoms with E-state index < -0.39 is 0 Å². The van der Waals surface area contributed by atoms with Gasteiger partial charge >= 0.3 is 6.03 Å². The van der Waals surface area contributed by atoms with E-state index in [1.807, 2.05) is 35.2 Å². The first-order valence-electron chi connectivity index (χ1n) is 12.5. The molecule has 3 aliphatic heterocycles. The molecule has 7 nitrogen and oxygen atoms in total. The lowest BCUT2D eigenvalue weighted by atomic mass is 9.95. The zero-order valence-electron chi connectivity index (χ0n) is 19.7. The topological polar surface area (TPSA) is 65.1 Å². The molecule has 0 bridgehead atoms. The molecule has 0 spiro atoms. The highest BCUT2D eigenvalue weighted by Crippen LogP contribution is 2.32. The summed E-state index contributed by atoms with van der Waals surface area (Å²) in [7, 11) is 0. The van der Waals surface area contributed by atoms with Crippen LogP contribution in [0.4, 0.5) is 10.5 Å². The maximum absolute atomic E-state index is 13.3. The van der Waals surface area contributed by atoms with Crippen molar-refractivity contribution >= 4 is 17.6 Å². The van der Waals surface area contributed by atoms with Crippen molar-refractivity contribution in [1.82, 2.24) is 15.1 Å². The Morgan fingerprint density at radius 1 is 0.912 bits per heavy atom. The molecule has 2 aromatic carbocycles. The fourth-order valence-corrected chi connectivity index (χ4v) is 5.30. The van der Waals surface area contributed by atoms with E-state index in [1.54, 1.807) is 4.90 Å². The molecule has 1 N–H and O–H groups in total. The minimum Gasteiger partial charge on any atom is -0.490 e. The molecule has 0 aliphatic carbocycles. The van der Waals surface area contributed by atoms with E-state index in [2.05, 4.69) is 34.5 Å². The Hall–Kier alpha value is -3.06. The third-order valence-electron chi connectivity index (χ3n) is 7.21. The number of piperidine rings is 2. The standard InChI is InChI=1S/C27H34N4O3/c32-26(28-23-12-15-29(16-13-23)19-21-7-2-1-3-8-21)22-9-6-14-30(20-22)27(33)31-17-18-34-25-11-5-4-10-24(25)31/h1-5,7-8,10-11,22-23H,6,9,12-20H2,(H,28,32)/t22-/m1/s1. The summed E-state index contributed by atoms with van der Waals surface area (Å²) in [5, 5.41) is 3.29. The number of para-hydroxylation sites is 2. The molecule has 7 heteroatoms.